The van der Waals surface area contributed by atoms with Gasteiger partial charge in [-0.05, 0) is 60.8 Å². The molecule has 0 unspecified atom stereocenters. The Morgan fingerprint density at radius 3 is 2.26 bits per heavy atom. The quantitative estimate of drug-likeness (QED) is 0.252. The molecule has 0 atom stereocenters. The summed E-state index contributed by atoms with van der Waals surface area (Å²) in [5.74, 6) is -0.915. The number of hydrogen-bond acceptors (Lipinski definition) is 6. The monoisotopic (exact) mass is 432 g/mol. The van der Waals surface area contributed by atoms with Crippen molar-refractivity contribution in [3.63, 3.8) is 0 Å². The summed E-state index contributed by atoms with van der Waals surface area (Å²) in [6, 6.07) is 20.1. The van der Waals surface area contributed by atoms with Gasteiger partial charge in [0.1, 0.15) is 17.1 Å². The molecule has 3 aromatic rings. The maximum Gasteiger partial charge on any atom is 0.270 e. The molecule has 1 saturated heterocycles. The number of phenolic OH excluding ortho intramolecular Hbond substituents is 2. The molecule has 1 aliphatic heterocycles. The van der Waals surface area contributed by atoms with Crippen LogP contribution < -0.4 is 15.0 Å². The maximum absolute atomic E-state index is 13.1. The number of ether oxygens (including phenoxy) is 1. The van der Waals surface area contributed by atoms with Crippen LogP contribution in [0.25, 0.3) is 6.08 Å². The molecule has 3 N–H and O–H groups in total. The molecule has 154 valence electrons. The second-order valence-electron chi connectivity index (χ2n) is 6.58. The average Bonchev–Trinajstić information content (AvgIpc) is 2.76. The largest absolute Gasteiger partial charge is 0.504 e. The third-order valence-corrected chi connectivity index (χ3v) is 4.81. The number of hydrogen-bond donors (Lipinski definition) is 3. The Kier molecular flexibility index (Phi) is 5.38. The van der Waals surface area contributed by atoms with E-state index < -0.39 is 17.6 Å². The number of rotatable bonds is 4. The average molecular weight is 432 g/mol. The van der Waals surface area contributed by atoms with Gasteiger partial charge in [-0.15, -0.1) is 0 Å². The first-order valence-electron chi connectivity index (χ1n) is 9.19. The van der Waals surface area contributed by atoms with Gasteiger partial charge in [-0.1, -0.05) is 30.3 Å². The summed E-state index contributed by atoms with van der Waals surface area (Å²) < 4.78 is 5.75. The first kappa shape index (κ1) is 20.1. The summed E-state index contributed by atoms with van der Waals surface area (Å²) in [7, 11) is 0. The summed E-state index contributed by atoms with van der Waals surface area (Å²) >= 11 is 5.19. The highest BCUT2D eigenvalue weighted by Crippen LogP contribution is 2.31. The van der Waals surface area contributed by atoms with Crippen molar-refractivity contribution in [2.24, 2.45) is 0 Å². The van der Waals surface area contributed by atoms with Gasteiger partial charge in [-0.2, -0.15) is 0 Å². The Balaban J connectivity index is 1.63. The van der Waals surface area contributed by atoms with Crippen molar-refractivity contribution in [3.8, 4) is 23.0 Å². The van der Waals surface area contributed by atoms with Gasteiger partial charge in [0.05, 0.1) is 5.69 Å². The lowest BCUT2D eigenvalue weighted by atomic mass is 10.1. The van der Waals surface area contributed by atoms with Gasteiger partial charge in [-0.3, -0.25) is 19.8 Å². The minimum Gasteiger partial charge on any atom is -0.504 e. The molecule has 0 aromatic heterocycles. The van der Waals surface area contributed by atoms with E-state index in [1.54, 1.807) is 24.3 Å². The van der Waals surface area contributed by atoms with Crippen molar-refractivity contribution in [1.29, 1.82) is 0 Å². The number of nitrogens with zero attached hydrogens (tertiary/aromatic N) is 1. The Morgan fingerprint density at radius 1 is 0.871 bits per heavy atom. The van der Waals surface area contributed by atoms with Crippen molar-refractivity contribution in [2.75, 3.05) is 4.90 Å². The Morgan fingerprint density at radius 2 is 1.55 bits per heavy atom. The fraction of sp³-hybridized carbons (Fsp3) is 0. The van der Waals surface area contributed by atoms with Crippen LogP contribution in [-0.2, 0) is 9.59 Å². The first-order valence-corrected chi connectivity index (χ1v) is 9.60. The number of nitrogens with one attached hydrogen (secondary N) is 1. The molecular formula is C23H16N2O5S. The van der Waals surface area contributed by atoms with Crippen LogP contribution >= 0.6 is 12.2 Å². The number of phenols is 2. The number of aromatic hydroxyl groups is 2. The van der Waals surface area contributed by atoms with Gasteiger partial charge in [0, 0.05) is 5.56 Å². The zero-order valence-corrected chi connectivity index (χ0v) is 16.8. The van der Waals surface area contributed by atoms with E-state index in [-0.39, 0.29) is 22.0 Å². The molecule has 2 amide bonds. The third kappa shape index (κ3) is 4.10. The van der Waals surface area contributed by atoms with Crippen LogP contribution in [0.5, 0.6) is 23.0 Å². The highest BCUT2D eigenvalue weighted by molar-refractivity contribution is 7.80. The van der Waals surface area contributed by atoms with Crippen LogP contribution in [0.15, 0.2) is 78.4 Å². The molecule has 1 heterocycles. The molecule has 0 aliphatic carbocycles. The highest BCUT2D eigenvalue weighted by atomic mass is 32.1. The van der Waals surface area contributed by atoms with Crippen LogP contribution in [0.3, 0.4) is 0 Å². The predicted molar refractivity (Wildman–Crippen MR) is 119 cm³/mol. The normalized spacial score (nSPS) is 15.2. The minimum atomic E-state index is -0.696. The molecule has 7 nitrogen and oxygen atoms in total. The standard InChI is InChI=1S/C23H16N2O5S/c26-19-8-4-5-14(20(19)27)13-18-21(28)24-23(31)25(22(18)29)15-9-11-17(12-10-15)30-16-6-2-1-3-7-16/h1-13,26-27H,(H,24,28,31)/b18-13+. The number of carbonyl (C=O) groups excluding carboxylic acids is 2. The molecule has 0 radical (unpaired) electrons. The van der Waals surface area contributed by atoms with E-state index in [0.717, 1.165) is 0 Å². The van der Waals surface area contributed by atoms with Crippen molar-refractivity contribution in [2.45, 2.75) is 0 Å². The Labute approximate surface area is 182 Å². The fourth-order valence-corrected chi connectivity index (χ4v) is 3.28. The van der Waals surface area contributed by atoms with E-state index in [9.17, 15) is 19.8 Å². The molecule has 3 aromatic carbocycles. The molecule has 31 heavy (non-hydrogen) atoms. The lowest BCUT2D eigenvalue weighted by Gasteiger charge is -2.29. The predicted octanol–water partition coefficient (Wildman–Crippen LogP) is 3.72. The number of para-hydroxylation sites is 2. The maximum atomic E-state index is 13.1. The molecule has 4 rings (SSSR count). The fourth-order valence-electron chi connectivity index (χ4n) is 3.00. The van der Waals surface area contributed by atoms with E-state index in [2.05, 4.69) is 5.32 Å². The number of amides is 2. The van der Waals surface area contributed by atoms with Crippen LogP contribution in [0.4, 0.5) is 5.69 Å². The Hall–Kier alpha value is -4.17. The summed E-state index contributed by atoms with van der Waals surface area (Å²) in [5, 5.41) is 22.1. The van der Waals surface area contributed by atoms with Gasteiger partial charge >= 0.3 is 0 Å². The second kappa shape index (κ2) is 8.29. The van der Waals surface area contributed by atoms with Gasteiger partial charge in [-0.25, -0.2) is 0 Å². The van der Waals surface area contributed by atoms with E-state index in [4.69, 9.17) is 17.0 Å². The van der Waals surface area contributed by atoms with Gasteiger partial charge in [0.15, 0.2) is 16.6 Å². The lowest BCUT2D eigenvalue weighted by Crippen LogP contribution is -2.54. The molecule has 1 fully saturated rings. The number of thiocarbonyl (C=S) groups is 1. The topological polar surface area (TPSA) is 99.1 Å². The van der Waals surface area contributed by atoms with Crippen LogP contribution in [-0.4, -0.2) is 27.1 Å². The lowest BCUT2D eigenvalue weighted by molar-refractivity contribution is -0.122. The zero-order valence-electron chi connectivity index (χ0n) is 16.0. The van der Waals surface area contributed by atoms with Crippen LogP contribution in [0.1, 0.15) is 5.56 Å². The molecule has 1 aliphatic rings. The molecular weight excluding hydrogens is 416 g/mol. The van der Waals surface area contributed by atoms with Gasteiger partial charge < -0.3 is 14.9 Å². The van der Waals surface area contributed by atoms with Crippen molar-refractivity contribution >= 4 is 40.9 Å². The number of carbonyl (C=O) groups is 2. The second-order valence-corrected chi connectivity index (χ2v) is 6.97. The van der Waals surface area contributed by atoms with E-state index in [1.165, 1.54) is 29.2 Å². The summed E-state index contributed by atoms with van der Waals surface area (Å²) in [6.07, 6.45) is 1.20. The SMILES string of the molecule is O=C1NC(=S)N(c2ccc(Oc3ccccc3)cc2)C(=O)/C1=C/c1cccc(O)c1O. The van der Waals surface area contributed by atoms with Crippen LogP contribution in [0, 0.1) is 0 Å². The number of anilines is 1. The molecule has 0 saturated carbocycles. The van der Waals surface area contributed by atoms with Gasteiger partial charge in [0.25, 0.3) is 11.8 Å². The molecule has 8 heteroatoms. The van der Waals surface area contributed by atoms with Crippen LogP contribution in [0.2, 0.25) is 0 Å². The zero-order chi connectivity index (χ0) is 22.0. The minimum absolute atomic E-state index is 0.0657. The van der Waals surface area contributed by atoms with Crippen molar-refractivity contribution in [3.05, 3.63) is 83.9 Å². The Bertz CT molecular complexity index is 1210. The molecule has 0 spiro atoms. The van der Waals surface area contributed by atoms with Crippen molar-refractivity contribution in [1.82, 2.24) is 5.32 Å². The first-order chi connectivity index (χ1) is 14.9. The van der Waals surface area contributed by atoms with E-state index in [0.29, 0.717) is 17.2 Å². The smallest absolute Gasteiger partial charge is 0.270 e. The van der Waals surface area contributed by atoms with E-state index >= 15 is 0 Å². The van der Waals surface area contributed by atoms with Crippen molar-refractivity contribution < 1.29 is 24.5 Å². The summed E-state index contributed by atoms with van der Waals surface area (Å²) in [5.41, 5.74) is 0.318. The highest BCUT2D eigenvalue weighted by Gasteiger charge is 2.34. The molecule has 0 bridgehead atoms. The third-order valence-electron chi connectivity index (χ3n) is 4.52. The summed E-state index contributed by atoms with van der Waals surface area (Å²) in [4.78, 5) is 26.6. The summed E-state index contributed by atoms with van der Waals surface area (Å²) in [6.45, 7) is 0. The van der Waals surface area contributed by atoms with E-state index in [1.807, 2.05) is 30.3 Å². The van der Waals surface area contributed by atoms with Gasteiger partial charge in [0.2, 0.25) is 0 Å². The number of benzene rings is 3.